The Labute approximate surface area is 109 Å². The molecule has 3 nitrogen and oxygen atoms in total. The lowest BCUT2D eigenvalue weighted by Gasteiger charge is -2.15. The third kappa shape index (κ3) is 4.49. The molecule has 0 aromatic heterocycles. The molecule has 0 radical (unpaired) electrons. The van der Waals surface area contributed by atoms with Gasteiger partial charge in [-0.05, 0) is 24.0 Å². The summed E-state index contributed by atoms with van der Waals surface area (Å²) in [6.07, 6.45) is 2.54. The maximum absolute atomic E-state index is 11.2. The molecular formula is C15H22O3. The van der Waals surface area contributed by atoms with E-state index < -0.39 is 12.1 Å². The van der Waals surface area contributed by atoms with Crippen LogP contribution in [0.3, 0.4) is 0 Å². The summed E-state index contributed by atoms with van der Waals surface area (Å²) in [4.78, 5) is 11.2. The van der Waals surface area contributed by atoms with Crippen molar-refractivity contribution >= 4 is 5.97 Å². The average Bonchev–Trinajstić information content (AvgIpc) is 2.38. The number of carboxylic acid groups (broad SMARTS) is 1. The molecule has 1 rings (SSSR count). The van der Waals surface area contributed by atoms with Crippen LogP contribution in [-0.4, -0.2) is 23.8 Å². The topological polar surface area (TPSA) is 46.5 Å². The quantitative estimate of drug-likeness (QED) is 0.721. The van der Waals surface area contributed by atoms with Gasteiger partial charge in [-0.2, -0.15) is 0 Å². The fraction of sp³-hybridized carbons (Fsp3) is 0.533. The van der Waals surface area contributed by atoms with Gasteiger partial charge in [0.15, 0.2) is 6.10 Å². The van der Waals surface area contributed by atoms with Crippen LogP contribution >= 0.6 is 0 Å². The molecule has 0 saturated carbocycles. The number of aliphatic carboxylic acids is 1. The van der Waals surface area contributed by atoms with E-state index in [2.05, 4.69) is 13.8 Å². The number of unbranched alkanes of at least 4 members (excludes halogenated alkanes) is 1. The van der Waals surface area contributed by atoms with Crippen molar-refractivity contribution in [2.24, 2.45) is 0 Å². The normalized spacial score (nSPS) is 12.3. The third-order valence-electron chi connectivity index (χ3n) is 3.00. The number of hydrogen-bond donors (Lipinski definition) is 1. The van der Waals surface area contributed by atoms with Crippen molar-refractivity contribution in [1.29, 1.82) is 0 Å². The number of hydrogen-bond acceptors (Lipinski definition) is 2. The zero-order chi connectivity index (χ0) is 13.4. The van der Waals surface area contributed by atoms with E-state index in [9.17, 15) is 9.90 Å². The number of rotatable bonds is 8. The number of carbonyl (C=O) groups is 1. The van der Waals surface area contributed by atoms with Gasteiger partial charge < -0.3 is 9.84 Å². The van der Waals surface area contributed by atoms with Crippen molar-refractivity contribution in [3.05, 3.63) is 35.4 Å². The Hall–Kier alpha value is -1.35. The van der Waals surface area contributed by atoms with E-state index in [1.165, 1.54) is 5.56 Å². The average molecular weight is 250 g/mol. The molecule has 3 heteroatoms. The number of aryl methyl sites for hydroxylation is 1. The minimum atomic E-state index is -0.878. The molecule has 1 N–H and O–H groups in total. The number of benzene rings is 1. The van der Waals surface area contributed by atoms with Crippen molar-refractivity contribution in [2.45, 2.75) is 45.6 Å². The molecule has 18 heavy (non-hydrogen) atoms. The molecule has 0 amide bonds. The van der Waals surface area contributed by atoms with Crippen LogP contribution in [0.1, 0.15) is 37.8 Å². The molecule has 0 aliphatic rings. The van der Waals surface area contributed by atoms with Crippen LogP contribution in [0.2, 0.25) is 0 Å². The monoisotopic (exact) mass is 250 g/mol. The molecule has 100 valence electrons. The molecular weight excluding hydrogens is 228 g/mol. The highest BCUT2D eigenvalue weighted by molar-refractivity contribution is 5.72. The smallest absolute Gasteiger partial charge is 0.333 e. The minimum absolute atomic E-state index is 0.447. The van der Waals surface area contributed by atoms with Gasteiger partial charge in [-0.1, -0.05) is 44.5 Å². The van der Waals surface area contributed by atoms with Gasteiger partial charge in [0.2, 0.25) is 0 Å². The lowest BCUT2D eigenvalue weighted by Crippen LogP contribution is -2.27. The maximum atomic E-state index is 11.2. The Bertz CT molecular complexity index is 374. The van der Waals surface area contributed by atoms with Crippen molar-refractivity contribution in [3.8, 4) is 0 Å². The molecule has 0 heterocycles. The lowest BCUT2D eigenvalue weighted by atomic mass is 10.00. The second kappa shape index (κ2) is 7.88. The van der Waals surface area contributed by atoms with Crippen LogP contribution in [0, 0.1) is 0 Å². The van der Waals surface area contributed by atoms with E-state index in [-0.39, 0.29) is 0 Å². The van der Waals surface area contributed by atoms with Gasteiger partial charge in [-0.3, -0.25) is 0 Å². The zero-order valence-electron chi connectivity index (χ0n) is 11.2. The Balaban J connectivity index is 2.67. The first kappa shape index (κ1) is 14.7. The minimum Gasteiger partial charge on any atom is -0.479 e. The zero-order valence-corrected chi connectivity index (χ0v) is 11.2. The predicted octanol–water partition coefficient (Wildman–Crippen LogP) is 3.06. The van der Waals surface area contributed by atoms with E-state index in [1.54, 1.807) is 0 Å². The van der Waals surface area contributed by atoms with Gasteiger partial charge in [-0.15, -0.1) is 0 Å². The molecule has 1 aromatic carbocycles. The second-order valence-electron chi connectivity index (χ2n) is 4.38. The van der Waals surface area contributed by atoms with Crippen LogP contribution in [0.5, 0.6) is 0 Å². The Morgan fingerprint density at radius 3 is 2.50 bits per heavy atom. The van der Waals surface area contributed by atoms with Crippen molar-refractivity contribution in [1.82, 2.24) is 0 Å². The molecule has 1 unspecified atom stereocenters. The predicted molar refractivity (Wildman–Crippen MR) is 71.8 cm³/mol. The maximum Gasteiger partial charge on any atom is 0.333 e. The summed E-state index contributed by atoms with van der Waals surface area (Å²) in [6.45, 7) is 4.65. The third-order valence-corrected chi connectivity index (χ3v) is 3.00. The number of carboxylic acids is 1. The highest BCUT2D eigenvalue weighted by atomic mass is 16.5. The second-order valence-corrected chi connectivity index (χ2v) is 4.38. The van der Waals surface area contributed by atoms with E-state index in [0.29, 0.717) is 13.0 Å². The first-order valence-electron chi connectivity index (χ1n) is 6.60. The van der Waals surface area contributed by atoms with Gasteiger partial charge in [0.05, 0.1) is 0 Å². The highest BCUT2D eigenvalue weighted by Crippen LogP contribution is 2.14. The summed E-state index contributed by atoms with van der Waals surface area (Å²) >= 11 is 0. The summed E-state index contributed by atoms with van der Waals surface area (Å²) in [7, 11) is 0. The van der Waals surface area contributed by atoms with Crippen LogP contribution in [0.4, 0.5) is 0 Å². The summed E-state index contributed by atoms with van der Waals surface area (Å²) in [5.74, 6) is -0.878. The summed E-state index contributed by atoms with van der Waals surface area (Å²) in [5, 5.41) is 9.17. The van der Waals surface area contributed by atoms with Crippen LogP contribution < -0.4 is 0 Å². The van der Waals surface area contributed by atoms with E-state index in [0.717, 1.165) is 24.8 Å². The van der Waals surface area contributed by atoms with Crippen LogP contribution in [0.15, 0.2) is 24.3 Å². The van der Waals surface area contributed by atoms with Gasteiger partial charge in [-0.25, -0.2) is 4.79 Å². The Kier molecular flexibility index (Phi) is 6.44. The molecule has 1 atom stereocenters. The standard InChI is InChI=1S/C15H22O3/c1-3-5-10-18-14(15(16)17)11-13-9-7-6-8-12(13)4-2/h6-9,14H,3-5,10-11H2,1-2H3,(H,16,17). The summed E-state index contributed by atoms with van der Waals surface area (Å²) < 4.78 is 5.45. The van der Waals surface area contributed by atoms with Gasteiger partial charge >= 0.3 is 5.97 Å². The van der Waals surface area contributed by atoms with Crippen LogP contribution in [-0.2, 0) is 22.4 Å². The Morgan fingerprint density at radius 2 is 1.94 bits per heavy atom. The van der Waals surface area contributed by atoms with Gasteiger partial charge in [0.25, 0.3) is 0 Å². The highest BCUT2D eigenvalue weighted by Gasteiger charge is 2.19. The van der Waals surface area contributed by atoms with Crippen molar-refractivity contribution < 1.29 is 14.6 Å². The molecule has 1 aromatic rings. The first-order valence-corrected chi connectivity index (χ1v) is 6.60. The molecule has 0 fully saturated rings. The first-order chi connectivity index (χ1) is 8.69. The Morgan fingerprint density at radius 1 is 1.28 bits per heavy atom. The fourth-order valence-electron chi connectivity index (χ4n) is 1.89. The van der Waals surface area contributed by atoms with Crippen LogP contribution in [0.25, 0.3) is 0 Å². The van der Waals surface area contributed by atoms with Crippen molar-refractivity contribution in [3.63, 3.8) is 0 Å². The van der Waals surface area contributed by atoms with E-state index in [1.807, 2.05) is 24.3 Å². The lowest BCUT2D eigenvalue weighted by molar-refractivity contribution is -0.150. The molecule has 0 bridgehead atoms. The summed E-state index contributed by atoms with van der Waals surface area (Å²) in [5.41, 5.74) is 2.27. The molecule has 0 aliphatic carbocycles. The largest absolute Gasteiger partial charge is 0.479 e. The van der Waals surface area contributed by atoms with E-state index in [4.69, 9.17) is 4.74 Å². The van der Waals surface area contributed by atoms with Gasteiger partial charge in [0.1, 0.15) is 0 Å². The molecule has 0 aliphatic heterocycles. The van der Waals surface area contributed by atoms with Gasteiger partial charge in [0, 0.05) is 13.0 Å². The van der Waals surface area contributed by atoms with Crippen molar-refractivity contribution in [2.75, 3.05) is 6.61 Å². The molecule has 0 spiro atoms. The summed E-state index contributed by atoms with van der Waals surface area (Å²) in [6, 6.07) is 7.95. The number of ether oxygens (including phenoxy) is 1. The van der Waals surface area contributed by atoms with E-state index >= 15 is 0 Å². The fourth-order valence-corrected chi connectivity index (χ4v) is 1.89. The molecule has 0 saturated heterocycles. The SMILES string of the molecule is CCCCOC(Cc1ccccc1CC)C(=O)O.